The summed E-state index contributed by atoms with van der Waals surface area (Å²) < 4.78 is 7.18. The summed E-state index contributed by atoms with van der Waals surface area (Å²) in [6, 6.07) is 13.3. The van der Waals surface area contributed by atoms with Crippen molar-refractivity contribution in [3.63, 3.8) is 0 Å². The van der Waals surface area contributed by atoms with E-state index in [-0.39, 0.29) is 24.1 Å². The Balaban J connectivity index is 1.89. The van der Waals surface area contributed by atoms with Crippen molar-refractivity contribution in [3.05, 3.63) is 59.4 Å². The minimum atomic E-state index is -0.874. The first-order chi connectivity index (χ1) is 15.6. The summed E-state index contributed by atoms with van der Waals surface area (Å²) in [6.45, 7) is 8.30. The Morgan fingerprint density at radius 1 is 1.18 bits per heavy atom. The molecule has 7 heteroatoms. The van der Waals surface area contributed by atoms with Crippen LogP contribution in [0.1, 0.15) is 57.0 Å². The van der Waals surface area contributed by atoms with Crippen molar-refractivity contribution in [1.29, 1.82) is 0 Å². The van der Waals surface area contributed by atoms with Gasteiger partial charge in [-0.25, -0.2) is 9.78 Å². The molecule has 0 spiro atoms. The molecule has 2 aromatic carbocycles. The summed E-state index contributed by atoms with van der Waals surface area (Å²) >= 11 is 0. The number of carbonyl (C=O) groups is 2. The highest BCUT2D eigenvalue weighted by Crippen LogP contribution is 2.38. The molecule has 1 aliphatic rings. The Morgan fingerprint density at radius 2 is 1.88 bits per heavy atom. The third kappa shape index (κ3) is 4.08. The topological polar surface area (TPSA) is 84.7 Å². The van der Waals surface area contributed by atoms with E-state index in [4.69, 9.17) is 9.72 Å². The second-order valence-electron chi connectivity index (χ2n) is 9.70. The van der Waals surface area contributed by atoms with Gasteiger partial charge in [0.15, 0.2) is 0 Å². The maximum absolute atomic E-state index is 12.5. The van der Waals surface area contributed by atoms with E-state index in [9.17, 15) is 14.7 Å². The van der Waals surface area contributed by atoms with Gasteiger partial charge in [0.2, 0.25) is 0 Å². The predicted octanol–water partition coefficient (Wildman–Crippen LogP) is 5.11. The lowest BCUT2D eigenvalue weighted by Gasteiger charge is -2.34. The number of carboxylic acids is 1. The number of carbonyl (C=O) groups excluding carboxylic acids is 1. The first kappa shape index (κ1) is 22.8. The van der Waals surface area contributed by atoms with Gasteiger partial charge in [0.25, 0.3) is 0 Å². The third-order valence-electron chi connectivity index (χ3n) is 6.42. The van der Waals surface area contributed by atoms with Crippen molar-refractivity contribution in [2.45, 2.75) is 64.5 Å². The number of rotatable bonds is 4. The molecule has 174 valence electrons. The van der Waals surface area contributed by atoms with Crippen LogP contribution in [0.4, 0.5) is 10.5 Å². The van der Waals surface area contributed by atoms with Crippen LogP contribution in [0.2, 0.25) is 0 Å². The number of ether oxygens (including phenoxy) is 1. The van der Waals surface area contributed by atoms with E-state index in [1.165, 1.54) is 7.11 Å². The molecule has 0 radical (unpaired) electrons. The van der Waals surface area contributed by atoms with E-state index in [2.05, 4.69) is 25.3 Å². The van der Waals surface area contributed by atoms with Crippen LogP contribution >= 0.6 is 0 Å². The molecule has 0 bridgehead atoms. The zero-order chi connectivity index (χ0) is 23.9. The first-order valence-corrected chi connectivity index (χ1v) is 11.3. The molecule has 0 saturated carbocycles. The summed E-state index contributed by atoms with van der Waals surface area (Å²) in [7, 11) is 1.39. The van der Waals surface area contributed by atoms with Gasteiger partial charge in [-0.05, 0) is 58.2 Å². The van der Waals surface area contributed by atoms with E-state index in [1.807, 2.05) is 49.4 Å². The highest BCUT2D eigenvalue weighted by Gasteiger charge is 2.33. The number of nitrogens with zero attached hydrogens (tertiary/aromatic N) is 3. The molecule has 3 aromatic rings. The van der Waals surface area contributed by atoms with E-state index in [0.717, 1.165) is 46.5 Å². The quantitative estimate of drug-likeness (QED) is 0.598. The summed E-state index contributed by atoms with van der Waals surface area (Å²) in [5.74, 6) is -0.849. The van der Waals surface area contributed by atoms with Crippen LogP contribution in [0.3, 0.4) is 0 Å². The fraction of sp³-hybridized carbons (Fsp3) is 0.423. The smallest absolute Gasteiger partial charge is 0.414 e. The molecule has 1 N–H and O–H groups in total. The minimum Gasteiger partial charge on any atom is -0.481 e. The predicted molar refractivity (Wildman–Crippen MR) is 128 cm³/mol. The average molecular weight is 450 g/mol. The van der Waals surface area contributed by atoms with Crippen molar-refractivity contribution in [1.82, 2.24) is 9.55 Å². The number of anilines is 1. The molecule has 1 amide bonds. The second kappa shape index (κ2) is 8.54. The number of hydrogen-bond donors (Lipinski definition) is 1. The fourth-order valence-corrected chi connectivity index (χ4v) is 4.91. The molecular formula is C26H31N3O4. The fourth-order valence-electron chi connectivity index (χ4n) is 4.91. The second-order valence-corrected chi connectivity index (χ2v) is 9.70. The summed E-state index contributed by atoms with van der Waals surface area (Å²) in [5.41, 5.74) is 4.05. The average Bonchev–Trinajstić information content (AvgIpc) is 3.16. The molecule has 4 rings (SSSR count). The number of fused-ring (bicyclic) bond motifs is 3. The number of aryl methyl sites for hydroxylation is 1. The zero-order valence-electron chi connectivity index (χ0n) is 19.8. The standard InChI is InChI=1S/C26H31N3O4/c1-16-11-12-18-20(28(16)25(32)33-5)13-14-21-23(18)27-22(29(21)26(2,3)4)15-19(24(30)31)17-9-7-6-8-10-17/h6-10,13-14,16,19H,11-12,15H2,1-5H3,(H,30,31)/t16-,19-/m0/s1. The van der Waals surface area contributed by atoms with E-state index in [0.29, 0.717) is 0 Å². The van der Waals surface area contributed by atoms with E-state index >= 15 is 0 Å². The lowest BCUT2D eigenvalue weighted by Crippen LogP contribution is -2.42. The number of amides is 1. The normalized spacial score (nSPS) is 17.0. The van der Waals surface area contributed by atoms with Crippen LogP contribution in [-0.2, 0) is 27.9 Å². The van der Waals surface area contributed by atoms with Crippen LogP contribution in [-0.4, -0.2) is 39.9 Å². The summed E-state index contributed by atoms with van der Waals surface area (Å²) in [6.07, 6.45) is 1.49. The van der Waals surface area contributed by atoms with Gasteiger partial charge < -0.3 is 14.4 Å². The van der Waals surface area contributed by atoms with E-state index in [1.54, 1.807) is 4.90 Å². The first-order valence-electron chi connectivity index (χ1n) is 11.3. The largest absolute Gasteiger partial charge is 0.481 e. The van der Waals surface area contributed by atoms with Crippen LogP contribution in [0.25, 0.3) is 11.0 Å². The van der Waals surface area contributed by atoms with Gasteiger partial charge in [-0.3, -0.25) is 9.69 Å². The Hall–Kier alpha value is -3.35. The SMILES string of the molecule is COC(=O)N1c2ccc3c(nc(C[C@H](C(=O)O)c4ccccc4)n3C(C)(C)C)c2CC[C@@H]1C. The van der Waals surface area contributed by atoms with Crippen molar-refractivity contribution in [2.75, 3.05) is 12.0 Å². The number of benzene rings is 2. The number of aromatic nitrogens is 2. The monoisotopic (exact) mass is 449 g/mol. The van der Waals surface area contributed by atoms with Crippen molar-refractivity contribution < 1.29 is 19.4 Å². The highest BCUT2D eigenvalue weighted by molar-refractivity contribution is 5.95. The number of carboxylic acid groups (broad SMARTS) is 1. The maximum atomic E-state index is 12.5. The van der Waals surface area contributed by atoms with Crippen LogP contribution in [0, 0.1) is 0 Å². The molecule has 2 atom stereocenters. The van der Waals surface area contributed by atoms with Crippen molar-refractivity contribution in [3.8, 4) is 0 Å². The van der Waals surface area contributed by atoms with Crippen LogP contribution < -0.4 is 4.90 Å². The Bertz CT molecular complexity index is 1190. The summed E-state index contributed by atoms with van der Waals surface area (Å²) in [4.78, 5) is 31.4. The van der Waals surface area contributed by atoms with Crippen molar-refractivity contribution >= 4 is 28.8 Å². The van der Waals surface area contributed by atoms with E-state index < -0.39 is 11.9 Å². The molecule has 1 aromatic heterocycles. The van der Waals surface area contributed by atoms with Gasteiger partial charge in [0.1, 0.15) is 5.82 Å². The van der Waals surface area contributed by atoms with Gasteiger partial charge in [-0.15, -0.1) is 0 Å². The number of aliphatic carboxylic acids is 1. The Labute approximate surface area is 194 Å². The molecule has 33 heavy (non-hydrogen) atoms. The van der Waals surface area contributed by atoms with Gasteiger partial charge in [0, 0.05) is 23.6 Å². The van der Waals surface area contributed by atoms with Crippen molar-refractivity contribution in [2.24, 2.45) is 0 Å². The Morgan fingerprint density at radius 3 is 2.48 bits per heavy atom. The molecule has 0 aliphatic carbocycles. The molecule has 0 saturated heterocycles. The van der Waals surface area contributed by atoms with Gasteiger partial charge in [-0.1, -0.05) is 30.3 Å². The van der Waals surface area contributed by atoms with Gasteiger partial charge >= 0.3 is 12.1 Å². The molecule has 1 aliphatic heterocycles. The van der Waals surface area contributed by atoms with Crippen LogP contribution in [0.5, 0.6) is 0 Å². The Kier molecular flexibility index (Phi) is 5.91. The maximum Gasteiger partial charge on any atom is 0.414 e. The highest BCUT2D eigenvalue weighted by atomic mass is 16.5. The summed E-state index contributed by atoms with van der Waals surface area (Å²) in [5, 5.41) is 10.0. The number of hydrogen-bond acceptors (Lipinski definition) is 4. The zero-order valence-corrected chi connectivity index (χ0v) is 19.8. The molecule has 0 unspecified atom stereocenters. The van der Waals surface area contributed by atoms with Gasteiger partial charge in [-0.2, -0.15) is 0 Å². The number of methoxy groups -OCH3 is 1. The third-order valence-corrected chi connectivity index (χ3v) is 6.42. The molecule has 2 heterocycles. The minimum absolute atomic E-state index is 0.0287. The number of imidazole rings is 1. The molecular weight excluding hydrogens is 418 g/mol. The van der Waals surface area contributed by atoms with Crippen LogP contribution in [0.15, 0.2) is 42.5 Å². The van der Waals surface area contributed by atoms with Gasteiger partial charge in [0.05, 0.1) is 29.7 Å². The lowest BCUT2D eigenvalue weighted by molar-refractivity contribution is -0.138. The molecule has 7 nitrogen and oxygen atoms in total. The lowest BCUT2D eigenvalue weighted by atomic mass is 9.95. The molecule has 0 fully saturated rings.